The molecule has 0 aliphatic heterocycles. The summed E-state index contributed by atoms with van der Waals surface area (Å²) in [5, 5.41) is 14.3. The third-order valence-corrected chi connectivity index (χ3v) is 4.54. The largest absolute Gasteiger partial charge is 0.418 e. The molecule has 1 amide bonds. The molecule has 0 radical (unpaired) electrons. The zero-order valence-corrected chi connectivity index (χ0v) is 16.6. The third-order valence-electron chi connectivity index (χ3n) is 4.13. The number of benzene rings is 2. The lowest BCUT2D eigenvalue weighted by molar-refractivity contribution is -0.137. The van der Waals surface area contributed by atoms with Gasteiger partial charge in [-0.1, -0.05) is 29.5 Å². The standard InChI is InChI=1S/C19H12BrF3N6O/c20-12-9-24-28(10-12)17-8-4-2-6-14(17)25-18(30)15-11-29(27-26-15)16-7-3-1-5-13(16)19(21,22)23/h1-11H,(H,25,30). The lowest BCUT2D eigenvalue weighted by atomic mass is 10.1. The number of nitrogens with one attached hydrogen (secondary N) is 1. The normalized spacial score (nSPS) is 11.5. The number of para-hydroxylation sites is 3. The summed E-state index contributed by atoms with van der Waals surface area (Å²) in [6.45, 7) is 0. The first-order valence-electron chi connectivity index (χ1n) is 8.53. The number of carbonyl (C=O) groups is 1. The van der Waals surface area contributed by atoms with Crippen molar-refractivity contribution >= 4 is 27.5 Å². The molecule has 0 saturated heterocycles. The second-order valence-electron chi connectivity index (χ2n) is 6.14. The molecule has 0 bridgehead atoms. The summed E-state index contributed by atoms with van der Waals surface area (Å²) in [5.41, 5.74) is -0.187. The van der Waals surface area contributed by atoms with Crippen molar-refractivity contribution in [2.24, 2.45) is 0 Å². The number of anilines is 1. The van der Waals surface area contributed by atoms with Gasteiger partial charge in [-0.2, -0.15) is 18.3 Å². The van der Waals surface area contributed by atoms with Gasteiger partial charge in [0.15, 0.2) is 5.69 Å². The van der Waals surface area contributed by atoms with Crippen molar-refractivity contribution in [3.8, 4) is 11.4 Å². The van der Waals surface area contributed by atoms with E-state index in [2.05, 4.69) is 36.7 Å². The summed E-state index contributed by atoms with van der Waals surface area (Å²) in [5.74, 6) is -0.621. The van der Waals surface area contributed by atoms with Crippen molar-refractivity contribution in [1.82, 2.24) is 24.8 Å². The molecule has 4 rings (SSSR count). The van der Waals surface area contributed by atoms with Gasteiger partial charge in [-0.05, 0) is 40.2 Å². The minimum absolute atomic E-state index is 0.136. The Labute approximate surface area is 176 Å². The first kappa shape index (κ1) is 19.8. The fourth-order valence-corrected chi connectivity index (χ4v) is 3.08. The number of nitrogens with zero attached hydrogens (tertiary/aromatic N) is 5. The molecule has 2 heterocycles. The van der Waals surface area contributed by atoms with Gasteiger partial charge in [0.05, 0.1) is 39.5 Å². The van der Waals surface area contributed by atoms with E-state index in [-0.39, 0.29) is 11.4 Å². The van der Waals surface area contributed by atoms with Crippen molar-refractivity contribution < 1.29 is 18.0 Å². The van der Waals surface area contributed by atoms with Crippen molar-refractivity contribution in [2.75, 3.05) is 5.32 Å². The SMILES string of the molecule is O=C(Nc1ccccc1-n1cc(Br)cn1)c1cn(-c2ccccc2C(F)(F)F)nn1. The van der Waals surface area contributed by atoms with E-state index < -0.39 is 17.6 Å². The summed E-state index contributed by atoms with van der Waals surface area (Å²) >= 11 is 3.31. The van der Waals surface area contributed by atoms with Gasteiger partial charge in [-0.3, -0.25) is 4.79 Å². The summed E-state index contributed by atoms with van der Waals surface area (Å²) in [6.07, 6.45) is -0.105. The van der Waals surface area contributed by atoms with Gasteiger partial charge >= 0.3 is 6.18 Å². The summed E-state index contributed by atoms with van der Waals surface area (Å²) in [4.78, 5) is 12.6. The van der Waals surface area contributed by atoms with Crippen LogP contribution in [0, 0.1) is 0 Å². The highest BCUT2D eigenvalue weighted by atomic mass is 79.9. The van der Waals surface area contributed by atoms with E-state index in [0.29, 0.717) is 11.4 Å². The number of hydrogen-bond acceptors (Lipinski definition) is 4. The number of aromatic nitrogens is 5. The molecule has 152 valence electrons. The fraction of sp³-hybridized carbons (Fsp3) is 0.0526. The Morgan fingerprint density at radius 1 is 0.967 bits per heavy atom. The molecular weight excluding hydrogens is 465 g/mol. The van der Waals surface area contributed by atoms with Gasteiger partial charge in [0.25, 0.3) is 5.91 Å². The molecule has 1 N–H and O–H groups in total. The molecule has 0 aliphatic carbocycles. The van der Waals surface area contributed by atoms with Crippen molar-refractivity contribution in [3.05, 3.63) is 82.9 Å². The smallest absolute Gasteiger partial charge is 0.319 e. The number of rotatable bonds is 4. The Morgan fingerprint density at radius 2 is 1.67 bits per heavy atom. The van der Waals surface area contributed by atoms with Gasteiger partial charge < -0.3 is 5.32 Å². The maximum Gasteiger partial charge on any atom is 0.418 e. The molecule has 2 aromatic carbocycles. The Kier molecular flexibility index (Phi) is 5.12. The molecule has 0 spiro atoms. The maximum atomic E-state index is 13.2. The van der Waals surface area contributed by atoms with E-state index in [0.717, 1.165) is 21.4 Å². The highest BCUT2D eigenvalue weighted by Crippen LogP contribution is 2.33. The topological polar surface area (TPSA) is 77.6 Å². The predicted molar refractivity (Wildman–Crippen MR) is 106 cm³/mol. The molecule has 0 fully saturated rings. The van der Waals surface area contributed by atoms with Crippen LogP contribution in [-0.4, -0.2) is 30.7 Å². The summed E-state index contributed by atoms with van der Waals surface area (Å²) < 4.78 is 43.0. The molecule has 4 aromatic rings. The van der Waals surface area contributed by atoms with Crippen LogP contribution in [0.25, 0.3) is 11.4 Å². The second-order valence-corrected chi connectivity index (χ2v) is 7.05. The van der Waals surface area contributed by atoms with E-state index in [1.165, 1.54) is 18.2 Å². The van der Waals surface area contributed by atoms with Crippen molar-refractivity contribution in [3.63, 3.8) is 0 Å². The third kappa shape index (κ3) is 3.96. The second kappa shape index (κ2) is 7.75. The van der Waals surface area contributed by atoms with Gasteiger partial charge in [-0.25, -0.2) is 9.36 Å². The van der Waals surface area contributed by atoms with Crippen molar-refractivity contribution in [1.29, 1.82) is 0 Å². The van der Waals surface area contributed by atoms with Gasteiger partial charge in [-0.15, -0.1) is 5.10 Å². The van der Waals surface area contributed by atoms with Crippen LogP contribution in [0.4, 0.5) is 18.9 Å². The minimum Gasteiger partial charge on any atom is -0.319 e. The van der Waals surface area contributed by atoms with E-state index in [4.69, 9.17) is 0 Å². The Balaban J connectivity index is 1.62. The molecule has 7 nitrogen and oxygen atoms in total. The number of halogens is 4. The molecule has 2 aromatic heterocycles. The van der Waals surface area contributed by atoms with E-state index in [1.807, 2.05) is 0 Å². The average molecular weight is 477 g/mol. The highest BCUT2D eigenvalue weighted by molar-refractivity contribution is 9.10. The lowest BCUT2D eigenvalue weighted by Gasteiger charge is -2.11. The minimum atomic E-state index is -4.57. The Bertz CT molecular complexity index is 1220. The zero-order chi connectivity index (χ0) is 21.3. The summed E-state index contributed by atoms with van der Waals surface area (Å²) in [6, 6.07) is 11.9. The first-order valence-corrected chi connectivity index (χ1v) is 9.32. The van der Waals surface area contributed by atoms with Crippen LogP contribution in [-0.2, 0) is 6.18 Å². The maximum absolute atomic E-state index is 13.2. The Hall–Kier alpha value is -3.47. The van der Waals surface area contributed by atoms with Crippen LogP contribution in [0.1, 0.15) is 16.1 Å². The summed E-state index contributed by atoms with van der Waals surface area (Å²) in [7, 11) is 0. The van der Waals surface area contributed by atoms with Gasteiger partial charge in [0.1, 0.15) is 0 Å². The van der Waals surface area contributed by atoms with E-state index in [1.54, 1.807) is 41.3 Å². The van der Waals surface area contributed by atoms with Crippen LogP contribution in [0.3, 0.4) is 0 Å². The Morgan fingerprint density at radius 3 is 2.37 bits per heavy atom. The van der Waals surface area contributed by atoms with Crippen LogP contribution >= 0.6 is 15.9 Å². The van der Waals surface area contributed by atoms with Crippen molar-refractivity contribution in [2.45, 2.75) is 6.18 Å². The highest BCUT2D eigenvalue weighted by Gasteiger charge is 2.34. The quantitative estimate of drug-likeness (QED) is 0.470. The lowest BCUT2D eigenvalue weighted by Crippen LogP contribution is -2.14. The molecule has 0 aliphatic rings. The van der Waals surface area contributed by atoms with E-state index >= 15 is 0 Å². The van der Waals surface area contributed by atoms with E-state index in [9.17, 15) is 18.0 Å². The molecule has 30 heavy (non-hydrogen) atoms. The number of amides is 1. The predicted octanol–water partition coefficient (Wildman–Crippen LogP) is 4.49. The number of hydrogen-bond donors (Lipinski definition) is 1. The fourth-order valence-electron chi connectivity index (χ4n) is 2.80. The molecule has 0 saturated carbocycles. The molecule has 0 atom stereocenters. The zero-order valence-electron chi connectivity index (χ0n) is 15.0. The monoisotopic (exact) mass is 476 g/mol. The van der Waals surface area contributed by atoms with Crippen LogP contribution in [0.2, 0.25) is 0 Å². The number of carbonyl (C=O) groups excluding carboxylic acids is 1. The molecule has 0 unspecified atom stereocenters. The number of alkyl halides is 3. The molecule has 11 heteroatoms. The van der Waals surface area contributed by atoms with Crippen LogP contribution < -0.4 is 5.32 Å². The first-order chi connectivity index (χ1) is 14.3. The van der Waals surface area contributed by atoms with Gasteiger partial charge in [0.2, 0.25) is 0 Å². The van der Waals surface area contributed by atoms with Gasteiger partial charge in [0, 0.05) is 6.20 Å². The van der Waals surface area contributed by atoms with Crippen LogP contribution in [0.15, 0.2) is 71.6 Å². The van der Waals surface area contributed by atoms with Crippen LogP contribution in [0.5, 0.6) is 0 Å². The average Bonchev–Trinajstić information content (AvgIpc) is 3.37. The molecular formula is C19H12BrF3N6O.